The van der Waals surface area contributed by atoms with Gasteiger partial charge in [0.25, 0.3) is 0 Å². The van der Waals surface area contributed by atoms with Crippen molar-refractivity contribution < 1.29 is 8.81 Å². The molecule has 0 N–H and O–H groups in total. The molecule has 1 heterocycles. The predicted molar refractivity (Wildman–Crippen MR) is 57.0 cm³/mol. The van der Waals surface area contributed by atoms with Crippen molar-refractivity contribution in [3.05, 3.63) is 29.8 Å². The summed E-state index contributed by atoms with van der Waals surface area (Å²) in [7, 11) is 1.84. The SMILES string of the molecule is Bc1cc(F)c(CBr)c2ccoc12. The summed E-state index contributed by atoms with van der Waals surface area (Å²) < 4.78 is 18.6. The van der Waals surface area contributed by atoms with Crippen molar-refractivity contribution >= 4 is 40.2 Å². The summed E-state index contributed by atoms with van der Waals surface area (Å²) in [6.45, 7) is 0. The van der Waals surface area contributed by atoms with Crippen molar-refractivity contribution in [2.45, 2.75) is 5.33 Å². The van der Waals surface area contributed by atoms with Crippen LogP contribution < -0.4 is 5.46 Å². The number of hydrogen-bond acceptors (Lipinski definition) is 1. The van der Waals surface area contributed by atoms with Gasteiger partial charge in [-0.15, -0.1) is 0 Å². The monoisotopic (exact) mass is 240 g/mol. The Morgan fingerprint density at radius 1 is 1.54 bits per heavy atom. The summed E-state index contributed by atoms with van der Waals surface area (Å²) in [6.07, 6.45) is 1.59. The lowest BCUT2D eigenvalue weighted by Crippen LogP contribution is -2.05. The van der Waals surface area contributed by atoms with Crippen molar-refractivity contribution in [1.29, 1.82) is 0 Å². The summed E-state index contributed by atoms with van der Waals surface area (Å²) in [6, 6.07) is 3.30. The molecule has 1 aromatic heterocycles. The van der Waals surface area contributed by atoms with E-state index in [9.17, 15) is 4.39 Å². The van der Waals surface area contributed by atoms with Crippen LogP contribution in [-0.4, -0.2) is 7.85 Å². The predicted octanol–water partition coefficient (Wildman–Crippen LogP) is 1.73. The number of hydrogen-bond donors (Lipinski definition) is 0. The zero-order chi connectivity index (χ0) is 9.42. The third-order valence-corrected chi connectivity index (χ3v) is 2.67. The minimum Gasteiger partial charge on any atom is -0.465 e. The minimum atomic E-state index is -0.178. The molecule has 0 aliphatic rings. The molecular weight excluding hydrogens is 234 g/mol. The van der Waals surface area contributed by atoms with E-state index in [4.69, 9.17) is 4.42 Å². The molecule has 0 atom stereocenters. The zero-order valence-corrected chi connectivity index (χ0v) is 8.69. The van der Waals surface area contributed by atoms with Crippen LogP contribution in [-0.2, 0) is 5.33 Å². The molecule has 0 spiro atoms. The van der Waals surface area contributed by atoms with E-state index in [2.05, 4.69) is 15.9 Å². The highest BCUT2D eigenvalue weighted by atomic mass is 79.9. The van der Waals surface area contributed by atoms with Gasteiger partial charge in [0.05, 0.1) is 6.26 Å². The standard InChI is InChI=1S/C9H7BBrFO/c10-7-3-8(12)6(4-11)5-1-2-13-9(5)7/h1-3H,4,10H2. The van der Waals surface area contributed by atoms with Gasteiger partial charge in [-0.3, -0.25) is 0 Å². The van der Waals surface area contributed by atoms with E-state index >= 15 is 0 Å². The molecule has 0 radical (unpaired) electrons. The Labute approximate surface area is 84.5 Å². The summed E-state index contributed by atoms with van der Waals surface area (Å²) in [5, 5.41) is 1.36. The molecule has 66 valence electrons. The molecule has 2 aromatic rings. The first kappa shape index (κ1) is 8.82. The van der Waals surface area contributed by atoms with Crippen LogP contribution in [0.3, 0.4) is 0 Å². The van der Waals surface area contributed by atoms with E-state index in [0.29, 0.717) is 10.9 Å². The summed E-state index contributed by atoms with van der Waals surface area (Å²) >= 11 is 3.26. The van der Waals surface area contributed by atoms with Gasteiger partial charge in [-0.25, -0.2) is 4.39 Å². The number of fused-ring (bicyclic) bond motifs is 1. The Kier molecular flexibility index (Phi) is 2.16. The Morgan fingerprint density at radius 3 is 3.00 bits per heavy atom. The van der Waals surface area contributed by atoms with Crippen molar-refractivity contribution in [3.63, 3.8) is 0 Å². The number of rotatable bonds is 1. The molecule has 0 amide bonds. The molecule has 0 saturated heterocycles. The molecule has 1 aromatic carbocycles. The van der Waals surface area contributed by atoms with Crippen LogP contribution in [0.25, 0.3) is 11.0 Å². The third kappa shape index (κ3) is 1.29. The quantitative estimate of drug-likeness (QED) is 0.547. The van der Waals surface area contributed by atoms with Crippen LogP contribution in [0, 0.1) is 5.82 Å². The van der Waals surface area contributed by atoms with Crippen LogP contribution in [0.2, 0.25) is 0 Å². The lowest BCUT2D eigenvalue weighted by atomic mass is 9.92. The van der Waals surface area contributed by atoms with E-state index in [1.54, 1.807) is 12.3 Å². The van der Waals surface area contributed by atoms with Gasteiger partial charge in [0.1, 0.15) is 19.2 Å². The fourth-order valence-electron chi connectivity index (χ4n) is 1.46. The second kappa shape index (κ2) is 3.18. The van der Waals surface area contributed by atoms with Crippen LogP contribution in [0.15, 0.2) is 22.8 Å². The summed E-state index contributed by atoms with van der Waals surface area (Å²) in [5.74, 6) is -0.178. The highest BCUT2D eigenvalue weighted by Crippen LogP contribution is 2.22. The second-order valence-corrected chi connectivity index (χ2v) is 3.51. The average molecular weight is 241 g/mol. The number of halogens is 2. The van der Waals surface area contributed by atoms with Gasteiger partial charge in [-0.05, 0) is 17.6 Å². The van der Waals surface area contributed by atoms with E-state index < -0.39 is 0 Å². The first-order chi connectivity index (χ1) is 6.24. The number of benzene rings is 1. The maximum atomic E-state index is 13.4. The van der Waals surface area contributed by atoms with Crippen LogP contribution in [0.5, 0.6) is 0 Å². The van der Waals surface area contributed by atoms with E-state index in [-0.39, 0.29) is 5.82 Å². The van der Waals surface area contributed by atoms with Gasteiger partial charge >= 0.3 is 0 Å². The van der Waals surface area contributed by atoms with Gasteiger partial charge in [0, 0.05) is 16.3 Å². The van der Waals surface area contributed by atoms with Gasteiger partial charge in [-0.2, -0.15) is 0 Å². The van der Waals surface area contributed by atoms with Gasteiger partial charge in [-0.1, -0.05) is 15.9 Å². The molecule has 0 aliphatic carbocycles. The zero-order valence-electron chi connectivity index (χ0n) is 7.10. The van der Waals surface area contributed by atoms with Crippen molar-refractivity contribution in [1.82, 2.24) is 0 Å². The molecule has 13 heavy (non-hydrogen) atoms. The fraction of sp³-hybridized carbons (Fsp3) is 0.111. The molecule has 0 bridgehead atoms. The first-order valence-electron chi connectivity index (χ1n) is 3.95. The highest BCUT2D eigenvalue weighted by molar-refractivity contribution is 9.08. The van der Waals surface area contributed by atoms with Crippen molar-refractivity contribution in [2.24, 2.45) is 0 Å². The highest BCUT2D eigenvalue weighted by Gasteiger charge is 2.10. The van der Waals surface area contributed by atoms with Crippen LogP contribution in [0.4, 0.5) is 4.39 Å². The van der Waals surface area contributed by atoms with E-state index in [1.807, 2.05) is 7.85 Å². The average Bonchev–Trinajstić information content (AvgIpc) is 2.53. The first-order valence-corrected chi connectivity index (χ1v) is 5.07. The lowest BCUT2D eigenvalue weighted by Gasteiger charge is -2.02. The van der Waals surface area contributed by atoms with E-state index in [1.165, 1.54) is 6.07 Å². The van der Waals surface area contributed by atoms with Gasteiger partial charge in [0.2, 0.25) is 0 Å². The van der Waals surface area contributed by atoms with Crippen LogP contribution >= 0.6 is 15.9 Å². The molecule has 2 rings (SSSR count). The van der Waals surface area contributed by atoms with Gasteiger partial charge < -0.3 is 4.42 Å². The van der Waals surface area contributed by atoms with Crippen LogP contribution in [0.1, 0.15) is 5.56 Å². The molecule has 0 fully saturated rings. The second-order valence-electron chi connectivity index (χ2n) is 2.95. The van der Waals surface area contributed by atoms with Gasteiger partial charge in [0.15, 0.2) is 0 Å². The minimum absolute atomic E-state index is 0.178. The smallest absolute Gasteiger partial charge is 0.144 e. The normalized spacial score (nSPS) is 10.9. The largest absolute Gasteiger partial charge is 0.465 e. The summed E-state index contributed by atoms with van der Waals surface area (Å²) in [5.41, 5.74) is 2.27. The Hall–Kier alpha value is -0.765. The fourth-order valence-corrected chi connectivity index (χ4v) is 2.03. The Bertz CT molecular complexity index is 452. The Balaban J connectivity index is 2.88. The van der Waals surface area contributed by atoms with Crippen molar-refractivity contribution in [3.8, 4) is 0 Å². The topological polar surface area (TPSA) is 13.1 Å². The molecule has 0 aliphatic heterocycles. The maximum Gasteiger partial charge on any atom is 0.144 e. The lowest BCUT2D eigenvalue weighted by molar-refractivity contribution is 0.609. The van der Waals surface area contributed by atoms with E-state index in [0.717, 1.165) is 16.4 Å². The molecule has 0 saturated carbocycles. The Morgan fingerprint density at radius 2 is 2.31 bits per heavy atom. The number of furan rings is 1. The molecule has 4 heteroatoms. The molecule has 0 unspecified atom stereocenters. The third-order valence-electron chi connectivity index (χ3n) is 2.11. The molecular formula is C9H7BBrFO. The number of alkyl halides is 1. The maximum absolute atomic E-state index is 13.4. The van der Waals surface area contributed by atoms with Crippen molar-refractivity contribution in [2.75, 3.05) is 0 Å². The summed E-state index contributed by atoms with van der Waals surface area (Å²) in [4.78, 5) is 0. The molecule has 1 nitrogen and oxygen atoms in total.